The van der Waals surface area contributed by atoms with Crippen LogP contribution in [0.2, 0.25) is 0 Å². The van der Waals surface area contributed by atoms with E-state index in [1.165, 1.54) is 14.2 Å². The van der Waals surface area contributed by atoms with Gasteiger partial charge in [-0.3, -0.25) is 9.36 Å². The van der Waals surface area contributed by atoms with E-state index in [9.17, 15) is 20.1 Å². The number of aromatic nitrogens is 2. The SMILES string of the molecule is COc1nc(N)c(NC2OC[C@@H](O)[C@@H](O)[C@@H]2O)c(=O)n1C. The Hall–Kier alpha value is -1.88. The molecule has 21 heavy (non-hydrogen) atoms. The largest absolute Gasteiger partial charge is 0.468 e. The summed E-state index contributed by atoms with van der Waals surface area (Å²) >= 11 is 0. The van der Waals surface area contributed by atoms with Crippen molar-refractivity contribution in [2.24, 2.45) is 7.05 Å². The molecule has 6 N–H and O–H groups in total. The predicted octanol–water partition coefficient (Wildman–Crippen LogP) is -2.78. The van der Waals surface area contributed by atoms with Crippen molar-refractivity contribution in [3.05, 3.63) is 10.4 Å². The van der Waals surface area contributed by atoms with E-state index in [4.69, 9.17) is 15.2 Å². The quantitative estimate of drug-likeness (QED) is 0.399. The molecule has 0 aromatic carbocycles. The number of nitrogens with zero attached hydrogens (tertiary/aromatic N) is 2. The normalized spacial score (nSPS) is 29.2. The molecule has 1 aromatic heterocycles. The second kappa shape index (κ2) is 5.85. The minimum Gasteiger partial charge on any atom is -0.468 e. The first-order valence-electron chi connectivity index (χ1n) is 6.19. The molecule has 1 fully saturated rings. The van der Waals surface area contributed by atoms with E-state index in [1.807, 2.05) is 0 Å². The Bertz CT molecular complexity index is 577. The molecule has 2 heterocycles. The average Bonchev–Trinajstić information content (AvgIpc) is 2.47. The molecule has 0 radical (unpaired) electrons. The maximum Gasteiger partial charge on any atom is 0.300 e. The third-order valence-corrected chi connectivity index (χ3v) is 3.25. The lowest BCUT2D eigenvalue weighted by atomic mass is 10.0. The Balaban J connectivity index is 2.28. The van der Waals surface area contributed by atoms with Crippen molar-refractivity contribution in [1.82, 2.24) is 9.55 Å². The van der Waals surface area contributed by atoms with Gasteiger partial charge >= 0.3 is 6.01 Å². The zero-order chi connectivity index (χ0) is 15.7. The van der Waals surface area contributed by atoms with Crippen LogP contribution >= 0.6 is 0 Å². The summed E-state index contributed by atoms with van der Waals surface area (Å²) in [6.07, 6.45) is -5.13. The van der Waals surface area contributed by atoms with E-state index in [2.05, 4.69) is 10.3 Å². The second-order valence-corrected chi connectivity index (χ2v) is 4.67. The van der Waals surface area contributed by atoms with Crippen LogP contribution in [0.4, 0.5) is 11.5 Å². The smallest absolute Gasteiger partial charge is 0.300 e. The third kappa shape index (κ3) is 2.78. The summed E-state index contributed by atoms with van der Waals surface area (Å²) in [7, 11) is 2.79. The fraction of sp³-hybridized carbons (Fsp3) is 0.636. The van der Waals surface area contributed by atoms with Crippen LogP contribution in [0.3, 0.4) is 0 Å². The summed E-state index contributed by atoms with van der Waals surface area (Å²) in [6, 6.07) is 0.0311. The predicted molar refractivity (Wildman–Crippen MR) is 71.8 cm³/mol. The number of ether oxygens (including phenoxy) is 2. The first-order chi connectivity index (χ1) is 9.86. The van der Waals surface area contributed by atoms with Gasteiger partial charge in [-0.05, 0) is 0 Å². The van der Waals surface area contributed by atoms with Gasteiger partial charge in [0.1, 0.15) is 24.0 Å². The number of hydrogen-bond donors (Lipinski definition) is 5. The third-order valence-electron chi connectivity index (χ3n) is 3.25. The highest BCUT2D eigenvalue weighted by molar-refractivity contribution is 5.61. The molecule has 118 valence electrons. The molecule has 4 atom stereocenters. The highest BCUT2D eigenvalue weighted by Crippen LogP contribution is 2.20. The highest BCUT2D eigenvalue weighted by atomic mass is 16.5. The van der Waals surface area contributed by atoms with Gasteiger partial charge in [0.05, 0.1) is 13.7 Å². The molecule has 1 aliphatic heterocycles. The molecule has 1 aromatic rings. The molecule has 0 aliphatic carbocycles. The molecule has 0 amide bonds. The molecule has 0 spiro atoms. The average molecular weight is 302 g/mol. The number of rotatable bonds is 3. The standard InChI is InChI=1S/C11H18N4O6/c1-15-10(19)5(8(12)14-11(15)20-2)13-9-7(18)6(17)4(16)3-21-9/h4,6-7,9,13,16-18H,3,12H2,1-2H3/t4-,6-,7+,9?/m1/s1. The fourth-order valence-electron chi connectivity index (χ4n) is 1.99. The summed E-state index contributed by atoms with van der Waals surface area (Å²) in [4.78, 5) is 16.0. The molecular formula is C11H18N4O6. The van der Waals surface area contributed by atoms with Crippen LogP contribution in [0.25, 0.3) is 0 Å². The van der Waals surface area contributed by atoms with E-state index in [0.717, 1.165) is 4.57 Å². The number of hydrogen-bond acceptors (Lipinski definition) is 9. The first kappa shape index (κ1) is 15.5. The highest BCUT2D eigenvalue weighted by Gasteiger charge is 2.38. The molecule has 0 saturated carbocycles. The summed E-state index contributed by atoms with van der Waals surface area (Å²) in [6.45, 7) is -0.195. The lowest BCUT2D eigenvalue weighted by Crippen LogP contribution is -2.56. The van der Waals surface area contributed by atoms with Crippen LogP contribution in [-0.4, -0.2) is 63.1 Å². The molecule has 10 nitrogen and oxygen atoms in total. The molecule has 1 aliphatic rings. The van der Waals surface area contributed by atoms with Crippen LogP contribution in [0.1, 0.15) is 0 Å². The Labute approximate surface area is 119 Å². The first-order valence-corrected chi connectivity index (χ1v) is 6.19. The van der Waals surface area contributed by atoms with Crippen LogP contribution < -0.4 is 21.3 Å². The molecule has 0 bridgehead atoms. The fourth-order valence-corrected chi connectivity index (χ4v) is 1.99. The molecule has 1 unspecified atom stereocenters. The number of nitrogens with two attached hydrogens (primary N) is 1. The number of anilines is 2. The van der Waals surface area contributed by atoms with Gasteiger partial charge in [-0.25, -0.2) is 0 Å². The van der Waals surface area contributed by atoms with Crippen LogP contribution in [0.15, 0.2) is 4.79 Å². The Morgan fingerprint density at radius 3 is 2.71 bits per heavy atom. The second-order valence-electron chi connectivity index (χ2n) is 4.67. The van der Waals surface area contributed by atoms with Crippen molar-refractivity contribution in [2.45, 2.75) is 24.5 Å². The zero-order valence-corrected chi connectivity index (χ0v) is 11.6. The van der Waals surface area contributed by atoms with Crippen LogP contribution in [0.5, 0.6) is 6.01 Å². The van der Waals surface area contributed by atoms with Gasteiger partial charge in [0, 0.05) is 7.05 Å². The Morgan fingerprint density at radius 1 is 1.43 bits per heavy atom. The van der Waals surface area contributed by atoms with E-state index in [-0.39, 0.29) is 24.1 Å². The number of nitrogen functional groups attached to an aromatic ring is 1. The van der Waals surface area contributed by atoms with Gasteiger partial charge in [-0.2, -0.15) is 4.98 Å². The summed E-state index contributed by atoms with van der Waals surface area (Å²) in [5.41, 5.74) is 5.05. The summed E-state index contributed by atoms with van der Waals surface area (Å²) < 4.78 is 11.2. The number of methoxy groups -OCH3 is 1. The van der Waals surface area contributed by atoms with E-state index in [1.54, 1.807) is 0 Å². The monoisotopic (exact) mass is 302 g/mol. The van der Waals surface area contributed by atoms with Gasteiger partial charge in [0.25, 0.3) is 5.56 Å². The summed E-state index contributed by atoms with van der Waals surface area (Å²) in [5, 5.41) is 31.4. The number of aliphatic hydroxyl groups excluding tert-OH is 3. The number of aliphatic hydroxyl groups is 3. The lowest BCUT2D eigenvalue weighted by Gasteiger charge is -2.35. The minimum absolute atomic E-state index is 0.0311. The van der Waals surface area contributed by atoms with Crippen molar-refractivity contribution < 1.29 is 24.8 Å². The van der Waals surface area contributed by atoms with Crippen molar-refractivity contribution in [1.29, 1.82) is 0 Å². The van der Waals surface area contributed by atoms with E-state index in [0.29, 0.717) is 0 Å². The Morgan fingerprint density at radius 2 is 2.10 bits per heavy atom. The van der Waals surface area contributed by atoms with Crippen LogP contribution in [-0.2, 0) is 11.8 Å². The van der Waals surface area contributed by atoms with Crippen molar-refractivity contribution >= 4 is 11.5 Å². The molecule has 1 saturated heterocycles. The van der Waals surface area contributed by atoms with Gasteiger partial charge in [0.2, 0.25) is 0 Å². The van der Waals surface area contributed by atoms with Gasteiger partial charge in [-0.1, -0.05) is 0 Å². The summed E-state index contributed by atoms with van der Waals surface area (Å²) in [5.74, 6) is -0.133. The van der Waals surface area contributed by atoms with Gasteiger partial charge in [0.15, 0.2) is 12.0 Å². The maximum absolute atomic E-state index is 12.1. The van der Waals surface area contributed by atoms with Crippen molar-refractivity contribution in [3.63, 3.8) is 0 Å². The Kier molecular flexibility index (Phi) is 4.32. The van der Waals surface area contributed by atoms with Gasteiger partial charge < -0.3 is 35.8 Å². The van der Waals surface area contributed by atoms with E-state index < -0.39 is 30.1 Å². The molecule has 2 rings (SSSR count). The lowest BCUT2D eigenvalue weighted by molar-refractivity contribution is -0.178. The number of nitrogens with one attached hydrogen (secondary N) is 1. The molecule has 10 heteroatoms. The maximum atomic E-state index is 12.1. The zero-order valence-electron chi connectivity index (χ0n) is 11.6. The van der Waals surface area contributed by atoms with Crippen molar-refractivity contribution in [3.8, 4) is 6.01 Å². The van der Waals surface area contributed by atoms with Crippen LogP contribution in [0, 0.1) is 0 Å². The molecular weight excluding hydrogens is 284 g/mol. The van der Waals surface area contributed by atoms with E-state index >= 15 is 0 Å². The minimum atomic E-state index is -1.43. The van der Waals surface area contributed by atoms with Gasteiger partial charge in [-0.15, -0.1) is 0 Å². The topological polar surface area (TPSA) is 152 Å². The van der Waals surface area contributed by atoms with Crippen molar-refractivity contribution in [2.75, 3.05) is 24.8 Å².